The standard InChI is InChI=1S/C24H25N3O5/c28-21(12-5-13-27-23(30)17-8-1-2-9-18(17)24(27)31)26-20-11-4-3-10-19(20)22(29)25-15-16-7-6-14-32-16/h1-4,8-11,16H,5-7,12-15H2,(H,25,29)(H,26,28)/t16-/m0/s1. The molecule has 2 N–H and O–H groups in total. The van der Waals surface area contributed by atoms with Crippen molar-refractivity contribution in [2.75, 3.05) is 25.0 Å². The van der Waals surface area contributed by atoms with Gasteiger partial charge in [-0.25, -0.2) is 0 Å². The van der Waals surface area contributed by atoms with Crippen LogP contribution >= 0.6 is 0 Å². The van der Waals surface area contributed by atoms with Gasteiger partial charge >= 0.3 is 0 Å². The molecule has 32 heavy (non-hydrogen) atoms. The fourth-order valence-corrected chi connectivity index (χ4v) is 3.95. The van der Waals surface area contributed by atoms with Crippen LogP contribution in [0.3, 0.4) is 0 Å². The fraction of sp³-hybridized carbons (Fsp3) is 0.333. The molecule has 1 atom stereocenters. The number of nitrogens with one attached hydrogen (secondary N) is 2. The van der Waals surface area contributed by atoms with Gasteiger partial charge in [0.25, 0.3) is 17.7 Å². The molecule has 0 unspecified atom stereocenters. The Labute approximate surface area is 185 Å². The Kier molecular flexibility index (Phi) is 6.61. The van der Waals surface area contributed by atoms with Crippen LogP contribution in [0.1, 0.15) is 56.8 Å². The smallest absolute Gasteiger partial charge is 0.261 e. The number of fused-ring (bicyclic) bond motifs is 1. The Hall–Kier alpha value is -3.52. The molecule has 2 aliphatic rings. The lowest BCUT2D eigenvalue weighted by molar-refractivity contribution is -0.116. The van der Waals surface area contributed by atoms with Gasteiger partial charge in [-0.15, -0.1) is 0 Å². The van der Waals surface area contributed by atoms with Crippen LogP contribution in [0.5, 0.6) is 0 Å². The van der Waals surface area contributed by atoms with Gasteiger partial charge in [0.1, 0.15) is 0 Å². The zero-order valence-electron chi connectivity index (χ0n) is 17.6. The number of anilines is 1. The Morgan fingerprint density at radius 1 is 1.00 bits per heavy atom. The molecule has 8 nitrogen and oxygen atoms in total. The van der Waals surface area contributed by atoms with Crippen LogP contribution in [0.4, 0.5) is 5.69 Å². The molecule has 2 aromatic rings. The lowest BCUT2D eigenvalue weighted by atomic mass is 10.1. The first-order valence-electron chi connectivity index (χ1n) is 10.8. The van der Waals surface area contributed by atoms with E-state index >= 15 is 0 Å². The van der Waals surface area contributed by atoms with Crippen LogP contribution < -0.4 is 10.6 Å². The number of amides is 4. The first-order chi connectivity index (χ1) is 15.5. The minimum Gasteiger partial charge on any atom is -0.376 e. The number of hydrogen-bond donors (Lipinski definition) is 2. The van der Waals surface area contributed by atoms with Crippen molar-refractivity contribution >= 4 is 29.3 Å². The fourth-order valence-electron chi connectivity index (χ4n) is 3.95. The summed E-state index contributed by atoms with van der Waals surface area (Å²) in [6.07, 6.45) is 2.38. The maximum atomic E-state index is 12.6. The van der Waals surface area contributed by atoms with Crippen molar-refractivity contribution in [3.8, 4) is 0 Å². The Bertz CT molecular complexity index is 1010. The average molecular weight is 435 g/mol. The molecule has 0 bridgehead atoms. The third kappa shape index (κ3) is 4.70. The molecule has 8 heteroatoms. The highest BCUT2D eigenvalue weighted by Crippen LogP contribution is 2.23. The van der Waals surface area contributed by atoms with Crippen LogP contribution in [0.25, 0.3) is 0 Å². The highest BCUT2D eigenvalue weighted by molar-refractivity contribution is 6.21. The van der Waals surface area contributed by atoms with Gasteiger partial charge < -0.3 is 15.4 Å². The number of ether oxygens (including phenoxy) is 1. The van der Waals surface area contributed by atoms with Crippen molar-refractivity contribution in [3.63, 3.8) is 0 Å². The summed E-state index contributed by atoms with van der Waals surface area (Å²) in [6.45, 7) is 1.30. The molecule has 0 aromatic heterocycles. The molecule has 2 aromatic carbocycles. The van der Waals surface area contributed by atoms with Crippen molar-refractivity contribution in [2.45, 2.75) is 31.8 Å². The van der Waals surface area contributed by atoms with Crippen LogP contribution in [-0.2, 0) is 9.53 Å². The molecular weight excluding hydrogens is 410 g/mol. The van der Waals surface area contributed by atoms with Gasteiger partial charge in [0, 0.05) is 26.1 Å². The lowest BCUT2D eigenvalue weighted by Crippen LogP contribution is -2.32. The minimum absolute atomic E-state index is 0.0304. The lowest BCUT2D eigenvalue weighted by Gasteiger charge is -2.15. The van der Waals surface area contributed by atoms with Gasteiger partial charge in [0.2, 0.25) is 5.91 Å². The zero-order valence-corrected chi connectivity index (χ0v) is 17.6. The second-order valence-corrected chi connectivity index (χ2v) is 7.85. The normalized spacial score (nSPS) is 17.4. The average Bonchev–Trinajstić information content (AvgIpc) is 3.41. The molecule has 2 aliphatic heterocycles. The Morgan fingerprint density at radius 2 is 1.69 bits per heavy atom. The van der Waals surface area contributed by atoms with Crippen molar-refractivity contribution in [1.82, 2.24) is 10.2 Å². The molecule has 0 aliphatic carbocycles. The third-order valence-corrected chi connectivity index (χ3v) is 5.62. The van der Waals surface area contributed by atoms with E-state index in [4.69, 9.17) is 4.74 Å². The highest BCUT2D eigenvalue weighted by atomic mass is 16.5. The number of rotatable bonds is 8. The molecule has 4 rings (SSSR count). The number of nitrogens with zero attached hydrogens (tertiary/aromatic N) is 1. The number of benzene rings is 2. The molecule has 1 fully saturated rings. The Balaban J connectivity index is 1.29. The second-order valence-electron chi connectivity index (χ2n) is 7.85. The summed E-state index contributed by atoms with van der Waals surface area (Å²) >= 11 is 0. The molecule has 0 radical (unpaired) electrons. The molecule has 0 saturated carbocycles. The summed E-state index contributed by atoms with van der Waals surface area (Å²) in [5, 5.41) is 5.62. The van der Waals surface area contributed by atoms with Crippen LogP contribution in [-0.4, -0.2) is 54.3 Å². The van der Waals surface area contributed by atoms with E-state index in [0.717, 1.165) is 12.8 Å². The van der Waals surface area contributed by atoms with Gasteiger partial charge in [-0.1, -0.05) is 24.3 Å². The van der Waals surface area contributed by atoms with E-state index in [1.54, 1.807) is 48.5 Å². The highest BCUT2D eigenvalue weighted by Gasteiger charge is 2.34. The molecule has 166 valence electrons. The summed E-state index contributed by atoms with van der Waals surface area (Å²) in [7, 11) is 0. The summed E-state index contributed by atoms with van der Waals surface area (Å²) < 4.78 is 5.52. The number of carbonyl (C=O) groups is 4. The van der Waals surface area contributed by atoms with Crippen LogP contribution in [0, 0.1) is 0 Å². The van der Waals surface area contributed by atoms with E-state index in [0.29, 0.717) is 42.0 Å². The minimum atomic E-state index is -0.334. The summed E-state index contributed by atoms with van der Waals surface area (Å²) in [5.41, 5.74) is 1.58. The third-order valence-electron chi connectivity index (χ3n) is 5.62. The van der Waals surface area contributed by atoms with Gasteiger partial charge in [-0.2, -0.15) is 0 Å². The first-order valence-corrected chi connectivity index (χ1v) is 10.8. The van der Waals surface area contributed by atoms with Crippen molar-refractivity contribution < 1.29 is 23.9 Å². The molecule has 2 heterocycles. The monoisotopic (exact) mass is 435 g/mol. The zero-order chi connectivity index (χ0) is 22.5. The topological polar surface area (TPSA) is 105 Å². The van der Waals surface area contributed by atoms with Crippen LogP contribution in [0.2, 0.25) is 0 Å². The van der Waals surface area contributed by atoms with E-state index in [9.17, 15) is 19.2 Å². The summed E-state index contributed by atoms with van der Waals surface area (Å²) in [6, 6.07) is 13.5. The van der Waals surface area contributed by atoms with E-state index in [2.05, 4.69) is 10.6 Å². The van der Waals surface area contributed by atoms with E-state index in [-0.39, 0.29) is 42.7 Å². The molecule has 1 saturated heterocycles. The van der Waals surface area contributed by atoms with Gasteiger partial charge in [0.05, 0.1) is 28.5 Å². The second kappa shape index (κ2) is 9.74. The quantitative estimate of drug-likeness (QED) is 0.620. The van der Waals surface area contributed by atoms with Crippen molar-refractivity contribution in [2.24, 2.45) is 0 Å². The van der Waals surface area contributed by atoms with Crippen LogP contribution in [0.15, 0.2) is 48.5 Å². The van der Waals surface area contributed by atoms with E-state index in [1.165, 1.54) is 4.90 Å². The number of imide groups is 1. The van der Waals surface area contributed by atoms with Gasteiger partial charge in [-0.3, -0.25) is 24.1 Å². The van der Waals surface area contributed by atoms with E-state index in [1.807, 2.05) is 0 Å². The maximum absolute atomic E-state index is 12.6. The number of hydrogen-bond acceptors (Lipinski definition) is 5. The van der Waals surface area contributed by atoms with Crippen molar-refractivity contribution in [1.29, 1.82) is 0 Å². The molecule has 0 spiro atoms. The summed E-state index contributed by atoms with van der Waals surface area (Å²) in [4.78, 5) is 51.0. The number of para-hydroxylation sites is 1. The molecular formula is C24H25N3O5. The predicted molar refractivity (Wildman–Crippen MR) is 117 cm³/mol. The Morgan fingerprint density at radius 3 is 2.38 bits per heavy atom. The predicted octanol–water partition coefficient (Wildman–Crippen LogP) is 2.61. The first kappa shape index (κ1) is 21.7. The maximum Gasteiger partial charge on any atom is 0.261 e. The van der Waals surface area contributed by atoms with Gasteiger partial charge in [-0.05, 0) is 43.5 Å². The molecule has 4 amide bonds. The summed E-state index contributed by atoms with van der Waals surface area (Å²) in [5.74, 6) is -1.23. The number of carbonyl (C=O) groups excluding carboxylic acids is 4. The largest absolute Gasteiger partial charge is 0.376 e. The van der Waals surface area contributed by atoms with E-state index < -0.39 is 0 Å². The SMILES string of the molecule is O=C(CCCN1C(=O)c2ccccc2C1=O)Nc1ccccc1C(=O)NC[C@@H]1CCCO1. The van der Waals surface area contributed by atoms with Gasteiger partial charge in [0.15, 0.2) is 0 Å². The van der Waals surface area contributed by atoms with Crippen molar-refractivity contribution in [3.05, 3.63) is 65.2 Å².